The van der Waals surface area contributed by atoms with Gasteiger partial charge in [0.25, 0.3) is 0 Å². The van der Waals surface area contributed by atoms with E-state index in [1.54, 1.807) is 0 Å². The van der Waals surface area contributed by atoms with Crippen molar-refractivity contribution in [2.75, 3.05) is 38.0 Å². The van der Waals surface area contributed by atoms with Crippen molar-refractivity contribution in [2.24, 2.45) is 0 Å². The molecule has 0 aliphatic carbocycles. The van der Waals surface area contributed by atoms with Gasteiger partial charge in [0.15, 0.2) is 0 Å². The van der Waals surface area contributed by atoms with Crippen LogP contribution in [0, 0.1) is 19.1 Å². The minimum atomic E-state index is 0. The van der Waals surface area contributed by atoms with Gasteiger partial charge in [0.1, 0.15) is 5.82 Å². The molecule has 0 saturated heterocycles. The fourth-order valence-corrected chi connectivity index (χ4v) is 6.17. The predicted octanol–water partition coefficient (Wildman–Crippen LogP) is 8.99. The summed E-state index contributed by atoms with van der Waals surface area (Å²) in [6, 6.07) is 33.9. The zero-order chi connectivity index (χ0) is 32.8. The van der Waals surface area contributed by atoms with E-state index in [1.165, 1.54) is 11.1 Å². The van der Waals surface area contributed by atoms with Crippen molar-refractivity contribution in [3.8, 4) is 34.1 Å². The molecule has 4 aromatic carbocycles. The number of pyridine rings is 1. The van der Waals surface area contributed by atoms with Gasteiger partial charge < -0.3 is 19.1 Å². The van der Waals surface area contributed by atoms with E-state index in [9.17, 15) is 0 Å². The van der Waals surface area contributed by atoms with Gasteiger partial charge in [-0.3, -0.25) is 4.68 Å². The normalized spacial score (nSPS) is 11.2. The molecule has 48 heavy (non-hydrogen) atoms. The smallest absolute Gasteiger partial charge is 0.509 e. The molecule has 0 amide bonds. The van der Waals surface area contributed by atoms with Crippen LogP contribution in [0.1, 0.15) is 30.9 Å². The molecule has 0 saturated carbocycles. The third-order valence-electron chi connectivity index (χ3n) is 8.52. The summed E-state index contributed by atoms with van der Waals surface area (Å²) in [5, 5.41) is 6.98. The number of rotatable bonds is 8. The van der Waals surface area contributed by atoms with Crippen LogP contribution in [0.5, 0.6) is 11.5 Å². The molecule has 0 unspecified atom stereocenters. The number of hydrogen-bond donors (Lipinski definition) is 0. The van der Waals surface area contributed by atoms with Crippen LogP contribution < -0.4 is 14.5 Å². The summed E-state index contributed by atoms with van der Waals surface area (Å²) in [5.74, 6) is 2.43. The quantitative estimate of drug-likeness (QED) is 0.144. The van der Waals surface area contributed by atoms with E-state index in [2.05, 4.69) is 136 Å². The minimum Gasteiger partial charge on any atom is -0.509 e. The fraction of sp³-hybridized carbons (Fsp3) is 0.200. The maximum atomic E-state index is 6.40. The van der Waals surface area contributed by atoms with Gasteiger partial charge in [-0.25, -0.2) is 4.98 Å². The Bertz CT molecular complexity index is 2220. The second-order valence-corrected chi connectivity index (χ2v) is 12.7. The molecule has 0 fully saturated rings. The van der Waals surface area contributed by atoms with Crippen molar-refractivity contribution < 1.29 is 25.8 Å². The summed E-state index contributed by atoms with van der Waals surface area (Å²) < 4.78 is 10.4. The number of aryl methyl sites for hydroxylation is 1. The first-order chi connectivity index (χ1) is 22.7. The monoisotopic (exact) mass is 813 g/mol. The molecule has 8 heteroatoms. The molecule has 0 spiro atoms. The largest absolute Gasteiger partial charge is 2.00 e. The summed E-state index contributed by atoms with van der Waals surface area (Å²) in [7, 11) is 8.29. The van der Waals surface area contributed by atoms with E-state index >= 15 is 0 Å². The van der Waals surface area contributed by atoms with E-state index in [4.69, 9.17) is 14.8 Å². The number of para-hydroxylation sites is 1. The van der Waals surface area contributed by atoms with E-state index in [0.29, 0.717) is 17.4 Å². The molecule has 7 nitrogen and oxygen atoms in total. The van der Waals surface area contributed by atoms with E-state index in [0.717, 1.165) is 55.8 Å². The summed E-state index contributed by atoms with van der Waals surface area (Å²) in [4.78, 5) is 9.06. The summed E-state index contributed by atoms with van der Waals surface area (Å²) in [5.41, 5.74) is 9.67. The number of anilines is 2. The molecule has 0 atom stereocenters. The Morgan fingerprint density at radius 1 is 0.792 bits per heavy atom. The summed E-state index contributed by atoms with van der Waals surface area (Å²) >= 11 is 0. The Morgan fingerprint density at radius 2 is 1.52 bits per heavy atom. The van der Waals surface area contributed by atoms with E-state index in [-0.39, 0.29) is 21.1 Å². The first kappa shape index (κ1) is 33.0. The number of fused-ring (bicyclic) bond motifs is 3. The Hall–Kier alpha value is -4.87. The van der Waals surface area contributed by atoms with Gasteiger partial charge in [0.05, 0.1) is 6.20 Å². The van der Waals surface area contributed by atoms with Crippen LogP contribution in [0.4, 0.5) is 11.4 Å². The molecular weight excluding hydrogens is 776 g/mol. The van der Waals surface area contributed by atoms with Crippen molar-refractivity contribution >= 4 is 33.2 Å². The Labute approximate surface area is 296 Å². The SMILES string of the molecule is Cc1cc(N(C)C)c(-c2cnn(-c3[c-]c(Oc4[c-]c5c(cc4)c4ccccc4n5-c4cc(C(C)C)ccn4)ccc3)c2)c(N(C)C)c1.[Pt+2]. The molecule has 0 aliphatic rings. The van der Waals surface area contributed by atoms with Gasteiger partial charge in [-0.05, 0) is 65.4 Å². The number of benzene rings is 4. The fourth-order valence-electron chi connectivity index (χ4n) is 6.17. The molecule has 7 aromatic rings. The van der Waals surface area contributed by atoms with Crippen LogP contribution >= 0.6 is 0 Å². The second-order valence-electron chi connectivity index (χ2n) is 12.7. The maximum Gasteiger partial charge on any atom is 2.00 e. The van der Waals surface area contributed by atoms with E-state index < -0.39 is 0 Å². The van der Waals surface area contributed by atoms with Gasteiger partial charge in [0.2, 0.25) is 0 Å². The number of ether oxygens (including phenoxy) is 1. The number of aromatic nitrogens is 4. The van der Waals surface area contributed by atoms with Crippen LogP contribution in [0.3, 0.4) is 0 Å². The molecular formula is C40H38N6OPt. The van der Waals surface area contributed by atoms with Crippen molar-refractivity contribution in [3.63, 3.8) is 0 Å². The maximum absolute atomic E-state index is 6.40. The van der Waals surface area contributed by atoms with Crippen LogP contribution in [0.25, 0.3) is 44.4 Å². The Balaban J connectivity index is 0.00000401. The first-order valence-corrected chi connectivity index (χ1v) is 15.8. The molecule has 0 N–H and O–H groups in total. The third kappa shape index (κ3) is 6.11. The number of hydrogen-bond acceptors (Lipinski definition) is 5. The molecule has 3 heterocycles. The van der Waals surface area contributed by atoms with Gasteiger partial charge >= 0.3 is 21.1 Å². The van der Waals surface area contributed by atoms with Crippen molar-refractivity contribution in [2.45, 2.75) is 26.7 Å². The van der Waals surface area contributed by atoms with Crippen LogP contribution in [-0.2, 0) is 21.1 Å². The predicted molar refractivity (Wildman–Crippen MR) is 193 cm³/mol. The molecule has 0 aliphatic heterocycles. The molecule has 0 bridgehead atoms. The van der Waals surface area contributed by atoms with Crippen molar-refractivity contribution in [1.29, 1.82) is 0 Å². The average molecular weight is 814 g/mol. The van der Waals surface area contributed by atoms with Gasteiger partial charge in [0, 0.05) is 80.1 Å². The van der Waals surface area contributed by atoms with Crippen LogP contribution in [0.2, 0.25) is 0 Å². The molecule has 3 aromatic heterocycles. The Morgan fingerprint density at radius 3 is 2.25 bits per heavy atom. The molecule has 244 valence electrons. The number of nitrogens with zero attached hydrogens (tertiary/aromatic N) is 6. The topological polar surface area (TPSA) is 51.4 Å². The first-order valence-electron chi connectivity index (χ1n) is 15.8. The summed E-state index contributed by atoms with van der Waals surface area (Å²) in [6.07, 6.45) is 5.85. The second kappa shape index (κ2) is 13.3. The Kier molecular flexibility index (Phi) is 9.17. The van der Waals surface area contributed by atoms with Crippen LogP contribution in [0.15, 0.2) is 97.5 Å². The molecule has 0 radical (unpaired) electrons. The average Bonchev–Trinajstić information content (AvgIpc) is 3.67. The van der Waals surface area contributed by atoms with Gasteiger partial charge in [-0.2, -0.15) is 17.2 Å². The zero-order valence-electron chi connectivity index (χ0n) is 28.2. The molecule has 7 rings (SSSR count). The third-order valence-corrected chi connectivity index (χ3v) is 8.52. The zero-order valence-corrected chi connectivity index (χ0v) is 30.5. The van der Waals surface area contributed by atoms with Gasteiger partial charge in [-0.1, -0.05) is 37.6 Å². The van der Waals surface area contributed by atoms with Crippen molar-refractivity contribution in [1.82, 2.24) is 19.3 Å². The standard InChI is InChI=1S/C40H38N6O.Pt/c1-26(2)28-17-18-41-39(21-28)46-35-14-9-8-13-33(35)34-16-15-32(23-36(34)46)47-31-12-10-11-30(22-31)45-25-29(24-42-45)40-37(43(4)5)19-27(3)20-38(40)44(6)7;/h8-21,24-26H,1-7H3;/q-2;+2. The van der Waals surface area contributed by atoms with E-state index in [1.807, 2.05) is 41.3 Å². The summed E-state index contributed by atoms with van der Waals surface area (Å²) in [6.45, 7) is 6.52. The van der Waals surface area contributed by atoms with Gasteiger partial charge in [-0.15, -0.1) is 35.7 Å². The van der Waals surface area contributed by atoms with Crippen molar-refractivity contribution in [3.05, 3.63) is 121 Å². The minimum absolute atomic E-state index is 0. The van der Waals surface area contributed by atoms with Crippen LogP contribution in [-0.4, -0.2) is 47.5 Å².